The molecule has 1 saturated carbocycles. The van der Waals surface area contributed by atoms with Gasteiger partial charge in [-0.05, 0) is 37.1 Å². The van der Waals surface area contributed by atoms with Crippen molar-refractivity contribution in [2.75, 3.05) is 44.2 Å². The zero-order chi connectivity index (χ0) is 28.8. The highest BCUT2D eigenvalue weighted by Gasteiger charge is 2.47. The summed E-state index contributed by atoms with van der Waals surface area (Å²) in [6.07, 6.45) is -1.83. The second-order valence-electron chi connectivity index (χ2n) is 9.89. The number of halogens is 3. The van der Waals surface area contributed by atoms with Crippen LogP contribution in [-0.2, 0) is 10.0 Å². The fraction of sp³-hybridized carbons (Fsp3) is 0.522. The van der Waals surface area contributed by atoms with E-state index in [1.54, 1.807) is 4.90 Å². The lowest BCUT2D eigenvalue weighted by Gasteiger charge is -2.37. The summed E-state index contributed by atoms with van der Waals surface area (Å²) < 4.78 is 69.9. The maximum absolute atomic E-state index is 13.6. The molecule has 3 N–H and O–H groups in total. The van der Waals surface area contributed by atoms with Crippen LogP contribution in [0.5, 0.6) is 0 Å². The van der Waals surface area contributed by atoms with Crippen LogP contribution in [0, 0.1) is 22.1 Å². The first kappa shape index (κ1) is 28.2. The predicted octanol–water partition coefficient (Wildman–Crippen LogP) is 2.26. The summed E-state index contributed by atoms with van der Waals surface area (Å²) in [5.74, 6) is 0.324. The topological polar surface area (TPSA) is 162 Å². The number of piperazine rings is 1. The van der Waals surface area contributed by atoms with Gasteiger partial charge >= 0.3 is 6.03 Å². The van der Waals surface area contributed by atoms with Gasteiger partial charge in [0.25, 0.3) is 6.43 Å². The number of pyridine rings is 1. The van der Waals surface area contributed by atoms with Gasteiger partial charge in [-0.1, -0.05) is 0 Å². The maximum atomic E-state index is 13.6. The number of carbonyl (C=O) groups is 1. The number of amides is 2. The maximum Gasteiger partial charge on any atom is 0.320 e. The molecule has 5 rings (SSSR count). The fourth-order valence-electron chi connectivity index (χ4n) is 4.70. The van der Waals surface area contributed by atoms with Crippen molar-refractivity contribution in [3.8, 4) is 6.07 Å². The van der Waals surface area contributed by atoms with Gasteiger partial charge in [0.05, 0.1) is 34.8 Å². The predicted molar refractivity (Wildman–Crippen MR) is 142 cm³/mol. The van der Waals surface area contributed by atoms with Crippen LogP contribution >= 0.6 is 11.8 Å². The van der Waals surface area contributed by atoms with Gasteiger partial charge in [-0.25, -0.2) is 30.9 Å². The molecule has 40 heavy (non-hydrogen) atoms. The second-order valence-corrected chi connectivity index (χ2v) is 12.6. The number of urea groups is 1. The number of anilines is 1. The molecule has 4 heterocycles. The van der Waals surface area contributed by atoms with E-state index in [1.807, 2.05) is 11.0 Å². The Labute approximate surface area is 232 Å². The van der Waals surface area contributed by atoms with Gasteiger partial charge in [-0.2, -0.15) is 15.1 Å². The highest BCUT2D eigenvalue weighted by Crippen LogP contribution is 2.37. The lowest BCUT2D eigenvalue weighted by molar-refractivity contribution is 0.156. The second kappa shape index (κ2) is 10.6. The van der Waals surface area contributed by atoms with Gasteiger partial charge < -0.3 is 14.7 Å². The number of rotatable bonds is 6. The van der Waals surface area contributed by atoms with Gasteiger partial charge in [-0.3, -0.25) is 10.8 Å². The third-order valence-corrected chi connectivity index (χ3v) is 9.45. The van der Waals surface area contributed by atoms with Crippen molar-refractivity contribution in [1.82, 2.24) is 24.1 Å². The number of thioether (sulfide) groups is 1. The quantitative estimate of drug-likeness (QED) is 0.340. The molecule has 2 amide bonds. The number of aromatic nitrogens is 2. The number of alkyl halides is 3. The molecule has 1 aliphatic carbocycles. The molecule has 0 spiro atoms. The summed E-state index contributed by atoms with van der Waals surface area (Å²) in [4.78, 5) is 17.5. The Morgan fingerprint density at radius 3 is 2.45 bits per heavy atom. The first-order valence-corrected chi connectivity index (χ1v) is 14.8. The summed E-state index contributed by atoms with van der Waals surface area (Å²) in [5.41, 5.74) is -0.994. The normalized spacial score (nSPS) is 20.7. The average Bonchev–Trinajstić information content (AvgIpc) is 3.33. The molecule has 2 aromatic heterocycles. The first-order valence-electron chi connectivity index (χ1n) is 12.5. The largest absolute Gasteiger partial charge is 0.353 e. The van der Waals surface area contributed by atoms with Crippen LogP contribution in [0.25, 0.3) is 5.52 Å². The van der Waals surface area contributed by atoms with Crippen LogP contribution in [0.2, 0.25) is 0 Å². The van der Waals surface area contributed by atoms with Crippen LogP contribution in [0.15, 0.2) is 23.2 Å². The van der Waals surface area contributed by atoms with Crippen molar-refractivity contribution in [2.45, 2.75) is 42.3 Å². The number of likely N-dealkylation sites (tertiary alicyclic amines) is 1. The molecular formula is C23H26F3N9O3S2. The molecule has 3 aliphatic rings. The highest BCUT2D eigenvalue weighted by atomic mass is 32.2. The van der Waals surface area contributed by atoms with Gasteiger partial charge in [0.15, 0.2) is 0 Å². The highest BCUT2D eigenvalue weighted by molar-refractivity contribution is 8.26. The standard InChI is InChI=1S/C23H26F3N9O3S2/c24-14-1-4-34(12-14)22(36)33-7-5-32(6-8-33)18-10-15(40(37,38)31-23(13-27)2-3-23)9-17-16(11-30-35(17)18)20(28)39-21(29)19(25)26/h9-11,14,19,28-29,31H,1-8,12H2/t14-/m0/s1. The molecule has 0 bridgehead atoms. The van der Waals surface area contributed by atoms with E-state index in [0.717, 1.165) is 0 Å². The minimum Gasteiger partial charge on any atom is -0.353 e. The van der Waals surface area contributed by atoms with Crippen molar-refractivity contribution in [3.63, 3.8) is 0 Å². The molecular weight excluding hydrogens is 571 g/mol. The zero-order valence-corrected chi connectivity index (χ0v) is 22.7. The number of nitrogens with zero attached hydrogens (tertiary/aromatic N) is 6. The number of sulfonamides is 1. The van der Waals surface area contributed by atoms with Crippen LogP contribution in [0.1, 0.15) is 24.8 Å². The van der Waals surface area contributed by atoms with Crippen molar-refractivity contribution >= 4 is 49.2 Å². The number of hydrogen-bond acceptors (Lipinski definition) is 9. The molecule has 2 aliphatic heterocycles. The van der Waals surface area contributed by atoms with Gasteiger partial charge in [0, 0.05) is 38.8 Å². The summed E-state index contributed by atoms with van der Waals surface area (Å²) in [5, 5.41) is 28.0. The Kier molecular flexibility index (Phi) is 7.44. The minimum absolute atomic E-state index is 0.0544. The molecule has 0 radical (unpaired) electrons. The Morgan fingerprint density at radius 1 is 1.18 bits per heavy atom. The Balaban J connectivity index is 1.47. The summed E-state index contributed by atoms with van der Waals surface area (Å²) >= 11 is 0.240. The Hall–Kier alpha value is -3.36. The number of nitrogens with one attached hydrogen (secondary N) is 3. The number of fused-ring (bicyclic) bond motifs is 1. The molecule has 2 saturated heterocycles. The molecule has 0 aromatic carbocycles. The van der Waals surface area contributed by atoms with Crippen molar-refractivity contribution < 1.29 is 26.4 Å². The average molecular weight is 598 g/mol. The van der Waals surface area contributed by atoms with Crippen LogP contribution < -0.4 is 9.62 Å². The van der Waals surface area contributed by atoms with E-state index in [2.05, 4.69) is 9.82 Å². The zero-order valence-electron chi connectivity index (χ0n) is 21.1. The van der Waals surface area contributed by atoms with Crippen molar-refractivity contribution in [3.05, 3.63) is 23.9 Å². The molecule has 1 atom stereocenters. The molecule has 12 nitrogen and oxygen atoms in total. The van der Waals surface area contributed by atoms with Gasteiger partial charge in [0.2, 0.25) is 10.0 Å². The Bertz CT molecular complexity index is 1510. The van der Waals surface area contributed by atoms with Crippen LogP contribution in [0.3, 0.4) is 0 Å². The summed E-state index contributed by atoms with van der Waals surface area (Å²) in [6, 6.07) is 4.35. The molecule has 17 heteroatoms. The smallest absolute Gasteiger partial charge is 0.320 e. The van der Waals surface area contributed by atoms with E-state index in [-0.39, 0.29) is 53.4 Å². The Morgan fingerprint density at radius 2 is 1.88 bits per heavy atom. The van der Waals surface area contributed by atoms with Crippen molar-refractivity contribution in [1.29, 1.82) is 16.1 Å². The van der Waals surface area contributed by atoms with E-state index in [1.165, 1.54) is 27.7 Å². The van der Waals surface area contributed by atoms with E-state index < -0.39 is 38.2 Å². The fourth-order valence-corrected chi connectivity index (χ4v) is 6.69. The van der Waals surface area contributed by atoms with Gasteiger partial charge in [-0.15, -0.1) is 0 Å². The van der Waals surface area contributed by atoms with Crippen LogP contribution in [-0.4, -0.2) is 101 Å². The first-order chi connectivity index (χ1) is 18.9. The molecule has 3 fully saturated rings. The number of carbonyl (C=O) groups excluding carboxylic acids is 1. The summed E-state index contributed by atoms with van der Waals surface area (Å²) in [7, 11) is -4.20. The van der Waals surface area contributed by atoms with E-state index in [4.69, 9.17) is 10.8 Å². The summed E-state index contributed by atoms with van der Waals surface area (Å²) in [6.45, 7) is 1.56. The lowest BCUT2D eigenvalue weighted by atomic mass is 10.2. The molecule has 0 unspecified atom stereocenters. The van der Waals surface area contributed by atoms with E-state index >= 15 is 0 Å². The number of hydrogen-bond donors (Lipinski definition) is 3. The lowest BCUT2D eigenvalue weighted by Crippen LogP contribution is -2.53. The van der Waals surface area contributed by atoms with Crippen LogP contribution in [0.4, 0.5) is 23.8 Å². The number of nitriles is 1. The third kappa shape index (κ3) is 5.47. The van der Waals surface area contributed by atoms with Gasteiger partial charge in [0.1, 0.15) is 27.6 Å². The molecule has 214 valence electrons. The third-order valence-electron chi connectivity index (χ3n) is 7.11. The van der Waals surface area contributed by atoms with Crippen molar-refractivity contribution in [2.24, 2.45) is 0 Å². The van der Waals surface area contributed by atoms with E-state index in [0.29, 0.717) is 44.7 Å². The SMILES string of the molecule is N#CC1(NS(=O)(=O)c2cc(N3CCN(C(=O)N4CC[C@H](F)C4)CC3)n3ncc(C(=N)SC(=N)C(F)F)c3c2)CC1. The minimum atomic E-state index is -4.20. The van der Waals surface area contributed by atoms with E-state index in [9.17, 15) is 31.6 Å². The molecule has 2 aromatic rings. The monoisotopic (exact) mass is 597 g/mol.